The van der Waals surface area contributed by atoms with E-state index >= 15 is 0 Å². The van der Waals surface area contributed by atoms with E-state index in [1.807, 2.05) is 17.0 Å². The molecule has 1 atom stereocenters. The molecule has 1 fully saturated rings. The van der Waals surface area contributed by atoms with Crippen LogP contribution in [0, 0.1) is 0 Å². The largest absolute Gasteiger partial charge is 0.486 e. The molecule has 0 bridgehead atoms. The maximum absolute atomic E-state index is 13.6. The molecule has 3 aliphatic rings. The molecular weight excluding hydrogens is 392 g/mol. The second-order valence-electron chi connectivity index (χ2n) is 8.94. The number of hydrogen-bond donors (Lipinski definition) is 1. The first-order chi connectivity index (χ1) is 15.0. The molecule has 1 saturated carbocycles. The molecule has 2 aromatic rings. The van der Waals surface area contributed by atoms with Crippen LogP contribution in [0.1, 0.15) is 67.1 Å². The van der Waals surface area contributed by atoms with Gasteiger partial charge in [-0.2, -0.15) is 0 Å². The molecule has 1 aliphatic carbocycles. The van der Waals surface area contributed by atoms with Gasteiger partial charge in [0.2, 0.25) is 5.91 Å². The van der Waals surface area contributed by atoms with Crippen molar-refractivity contribution in [3.05, 3.63) is 53.1 Å². The van der Waals surface area contributed by atoms with E-state index in [4.69, 9.17) is 9.47 Å². The molecule has 0 radical (unpaired) electrons. The summed E-state index contributed by atoms with van der Waals surface area (Å²) in [7, 11) is 0. The van der Waals surface area contributed by atoms with Gasteiger partial charge >= 0.3 is 0 Å². The number of amides is 2. The molecular formula is C25H28N2O4. The third-order valence-electron chi connectivity index (χ3n) is 6.93. The minimum Gasteiger partial charge on any atom is -0.486 e. The van der Waals surface area contributed by atoms with Gasteiger partial charge in [-0.15, -0.1) is 0 Å². The van der Waals surface area contributed by atoms with Gasteiger partial charge in [0, 0.05) is 30.1 Å². The van der Waals surface area contributed by atoms with Crippen molar-refractivity contribution in [1.29, 1.82) is 0 Å². The fourth-order valence-electron chi connectivity index (χ4n) is 5.45. The summed E-state index contributed by atoms with van der Waals surface area (Å²) in [6.07, 6.45) is 4.48. The highest BCUT2D eigenvalue weighted by molar-refractivity contribution is 5.97. The predicted octanol–water partition coefficient (Wildman–Crippen LogP) is 4.45. The molecule has 2 heterocycles. The molecule has 2 amide bonds. The fraction of sp³-hybridized carbons (Fsp3) is 0.440. The van der Waals surface area contributed by atoms with E-state index in [1.165, 1.54) is 25.3 Å². The summed E-state index contributed by atoms with van der Waals surface area (Å²) >= 11 is 0. The summed E-state index contributed by atoms with van der Waals surface area (Å²) in [6, 6.07) is 11.4. The van der Waals surface area contributed by atoms with E-state index in [2.05, 4.69) is 24.4 Å². The third-order valence-corrected chi connectivity index (χ3v) is 6.93. The molecule has 162 valence electrons. The van der Waals surface area contributed by atoms with Crippen LogP contribution >= 0.6 is 0 Å². The Labute approximate surface area is 182 Å². The van der Waals surface area contributed by atoms with Crippen LogP contribution in [0.25, 0.3) is 0 Å². The van der Waals surface area contributed by atoms with Crippen LogP contribution in [0.3, 0.4) is 0 Å². The van der Waals surface area contributed by atoms with Gasteiger partial charge in [0.1, 0.15) is 13.2 Å². The lowest BCUT2D eigenvalue weighted by Gasteiger charge is -2.46. The Kier molecular flexibility index (Phi) is 4.88. The second-order valence-corrected chi connectivity index (χ2v) is 8.94. The number of carbonyl (C=O) groups is 2. The highest BCUT2D eigenvalue weighted by atomic mass is 16.6. The standard InChI is InChI=1S/C25H28N2O4/c1-16-20-13-22-23(31-11-10-30-22)14-21(20)25(8-3-4-9-25)15-27(16)24(29)18-6-5-7-19(12-18)26-17(2)28/h5-7,12-14,16H,3-4,8-11,15H2,1-2H3,(H,26,28). The monoisotopic (exact) mass is 420 g/mol. The number of rotatable bonds is 2. The van der Waals surface area contributed by atoms with Crippen LogP contribution in [-0.2, 0) is 10.2 Å². The molecule has 5 rings (SSSR count). The van der Waals surface area contributed by atoms with Crippen LogP contribution < -0.4 is 14.8 Å². The summed E-state index contributed by atoms with van der Waals surface area (Å²) < 4.78 is 11.7. The van der Waals surface area contributed by atoms with Crippen molar-refractivity contribution < 1.29 is 19.1 Å². The molecule has 31 heavy (non-hydrogen) atoms. The lowest BCUT2D eigenvalue weighted by atomic mass is 9.71. The SMILES string of the molecule is CC(=O)Nc1cccc(C(=O)N2CC3(CCCC3)c3cc4c(cc3C2C)OCCO4)c1. The fourth-order valence-corrected chi connectivity index (χ4v) is 5.45. The summed E-state index contributed by atoms with van der Waals surface area (Å²) in [5.41, 5.74) is 3.66. The van der Waals surface area contributed by atoms with E-state index in [0.717, 1.165) is 29.9 Å². The van der Waals surface area contributed by atoms with Gasteiger partial charge in [0.05, 0.1) is 6.04 Å². The molecule has 1 N–H and O–H groups in total. The Bertz CT molecular complexity index is 1040. The molecule has 6 heteroatoms. The Morgan fingerprint density at radius 3 is 2.48 bits per heavy atom. The Morgan fingerprint density at radius 2 is 1.77 bits per heavy atom. The van der Waals surface area contributed by atoms with Crippen LogP contribution in [0.5, 0.6) is 11.5 Å². The van der Waals surface area contributed by atoms with Crippen LogP contribution in [0.4, 0.5) is 5.69 Å². The highest BCUT2D eigenvalue weighted by Crippen LogP contribution is 2.52. The average Bonchev–Trinajstić information content (AvgIpc) is 3.24. The molecule has 0 aromatic heterocycles. The number of fused-ring (bicyclic) bond motifs is 3. The van der Waals surface area contributed by atoms with Crippen LogP contribution in [0.15, 0.2) is 36.4 Å². The topological polar surface area (TPSA) is 67.9 Å². The van der Waals surface area contributed by atoms with Gasteiger partial charge in [-0.05, 0) is 61.2 Å². The van der Waals surface area contributed by atoms with Gasteiger partial charge in [-0.25, -0.2) is 0 Å². The Balaban J connectivity index is 1.54. The van der Waals surface area contributed by atoms with E-state index in [-0.39, 0.29) is 23.3 Å². The quantitative estimate of drug-likeness (QED) is 0.780. The molecule has 0 saturated heterocycles. The van der Waals surface area contributed by atoms with E-state index in [0.29, 0.717) is 31.0 Å². The summed E-state index contributed by atoms with van der Waals surface area (Å²) in [4.78, 5) is 27.1. The van der Waals surface area contributed by atoms with Gasteiger partial charge in [-0.3, -0.25) is 9.59 Å². The maximum Gasteiger partial charge on any atom is 0.254 e. The second kappa shape index (κ2) is 7.59. The first-order valence-corrected chi connectivity index (χ1v) is 11.1. The molecule has 2 aliphatic heterocycles. The van der Waals surface area contributed by atoms with E-state index in [9.17, 15) is 9.59 Å². The average molecular weight is 421 g/mol. The van der Waals surface area contributed by atoms with Crippen LogP contribution in [0.2, 0.25) is 0 Å². The number of anilines is 1. The highest BCUT2D eigenvalue weighted by Gasteiger charge is 2.46. The zero-order valence-corrected chi connectivity index (χ0v) is 18.1. The van der Waals surface area contributed by atoms with Crippen molar-refractivity contribution >= 4 is 17.5 Å². The van der Waals surface area contributed by atoms with Crippen molar-refractivity contribution in [2.24, 2.45) is 0 Å². The summed E-state index contributed by atoms with van der Waals surface area (Å²) in [6.45, 7) is 5.37. The molecule has 2 aromatic carbocycles. The minimum atomic E-state index is -0.151. The Morgan fingerprint density at radius 1 is 1.06 bits per heavy atom. The van der Waals surface area contributed by atoms with Gasteiger partial charge in [0.25, 0.3) is 5.91 Å². The molecule has 1 spiro atoms. The van der Waals surface area contributed by atoms with Crippen molar-refractivity contribution in [2.75, 3.05) is 25.1 Å². The number of nitrogens with zero attached hydrogens (tertiary/aromatic N) is 1. The van der Waals surface area contributed by atoms with Crippen molar-refractivity contribution in [3.63, 3.8) is 0 Å². The van der Waals surface area contributed by atoms with E-state index < -0.39 is 0 Å². The normalized spacial score (nSPS) is 21.0. The number of ether oxygens (including phenoxy) is 2. The number of nitrogens with one attached hydrogen (secondary N) is 1. The van der Waals surface area contributed by atoms with Crippen molar-refractivity contribution in [1.82, 2.24) is 4.90 Å². The predicted molar refractivity (Wildman–Crippen MR) is 118 cm³/mol. The maximum atomic E-state index is 13.6. The third kappa shape index (κ3) is 3.44. The lowest BCUT2D eigenvalue weighted by Crippen LogP contribution is -2.48. The number of benzene rings is 2. The minimum absolute atomic E-state index is 0.00786. The lowest BCUT2D eigenvalue weighted by molar-refractivity contribution is -0.114. The van der Waals surface area contributed by atoms with Gasteiger partial charge < -0.3 is 19.7 Å². The number of hydrogen-bond acceptors (Lipinski definition) is 4. The first-order valence-electron chi connectivity index (χ1n) is 11.1. The van der Waals surface area contributed by atoms with Crippen molar-refractivity contribution in [2.45, 2.75) is 51.0 Å². The first kappa shape index (κ1) is 19.9. The zero-order valence-electron chi connectivity index (χ0n) is 18.1. The molecule has 6 nitrogen and oxygen atoms in total. The summed E-state index contributed by atoms with van der Waals surface area (Å²) in [5, 5.41) is 2.77. The Hall–Kier alpha value is -3.02. The summed E-state index contributed by atoms with van der Waals surface area (Å²) in [5.74, 6) is 1.44. The molecule has 1 unspecified atom stereocenters. The zero-order chi connectivity index (χ0) is 21.6. The number of carbonyl (C=O) groups excluding carboxylic acids is 2. The van der Waals surface area contributed by atoms with E-state index in [1.54, 1.807) is 12.1 Å². The smallest absolute Gasteiger partial charge is 0.254 e. The van der Waals surface area contributed by atoms with Crippen molar-refractivity contribution in [3.8, 4) is 11.5 Å². The van der Waals surface area contributed by atoms with Gasteiger partial charge in [0.15, 0.2) is 11.5 Å². The van der Waals surface area contributed by atoms with Gasteiger partial charge in [-0.1, -0.05) is 18.9 Å². The van der Waals surface area contributed by atoms with Crippen LogP contribution in [-0.4, -0.2) is 36.5 Å².